The normalized spacial score (nSPS) is 10.0. The van der Waals surface area contributed by atoms with Crippen LogP contribution in [-0.2, 0) is 0 Å². The molecule has 0 aliphatic rings. The first-order chi connectivity index (χ1) is 2.00. The molecule has 0 unspecified atom stereocenters. The summed E-state index contributed by atoms with van der Waals surface area (Å²) in [5.41, 5.74) is 0. The monoisotopic (exact) mass is 258 g/mol. The largest absolute Gasteiger partial charge is 3.00 e. The van der Waals surface area contributed by atoms with E-state index in [4.69, 9.17) is 19.2 Å². The number of rotatable bonds is 0. The van der Waals surface area contributed by atoms with Gasteiger partial charge < -0.3 is 19.2 Å². The van der Waals surface area contributed by atoms with Crippen LogP contribution in [0.3, 0.4) is 0 Å². The summed E-state index contributed by atoms with van der Waals surface area (Å²) in [6.45, 7) is 0. The molecular formula is HHoO4Si. The van der Waals surface area contributed by atoms with E-state index in [1.54, 1.807) is 0 Å². The van der Waals surface area contributed by atoms with Gasteiger partial charge in [-0.25, -0.2) is 0 Å². The molecule has 0 aromatic carbocycles. The Morgan fingerprint density at radius 1 is 1.17 bits per heavy atom. The van der Waals surface area contributed by atoms with E-state index in [1.165, 1.54) is 0 Å². The molecule has 0 amide bonds. The third-order valence-corrected chi connectivity index (χ3v) is 0. The molecule has 4 nitrogen and oxygen atoms in total. The quantitative estimate of drug-likeness (QED) is 0.443. The summed E-state index contributed by atoms with van der Waals surface area (Å²) >= 11 is 0. The third kappa shape index (κ3) is 57.1. The van der Waals surface area contributed by atoms with Crippen LogP contribution < -0.4 is 14.4 Å². The van der Waals surface area contributed by atoms with E-state index >= 15 is 0 Å². The van der Waals surface area contributed by atoms with Crippen molar-refractivity contribution in [2.75, 3.05) is 0 Å². The third-order valence-electron chi connectivity index (χ3n) is 0. The van der Waals surface area contributed by atoms with Gasteiger partial charge in [0.25, 0.3) is 0 Å². The maximum Gasteiger partial charge on any atom is 3.00 e. The fourth-order valence-electron chi connectivity index (χ4n) is 0. The Hall–Kier alpha value is 1.32. The van der Waals surface area contributed by atoms with Crippen LogP contribution in [0, 0.1) is 37.7 Å². The molecule has 40 valence electrons. The van der Waals surface area contributed by atoms with Crippen LogP contribution in [0.2, 0.25) is 0 Å². The zero-order chi connectivity index (χ0) is 4.50. The minimum absolute atomic E-state index is 0. The van der Waals surface area contributed by atoms with Crippen LogP contribution in [-0.4, -0.2) is 13.8 Å². The summed E-state index contributed by atoms with van der Waals surface area (Å²) in [7, 11) is -5.36. The van der Waals surface area contributed by atoms with Gasteiger partial charge in [0.15, 0.2) is 0 Å². The molecule has 0 radical (unpaired) electrons. The van der Waals surface area contributed by atoms with Gasteiger partial charge in [-0.15, -0.1) is 9.05 Å². The molecule has 0 aliphatic heterocycles. The van der Waals surface area contributed by atoms with Gasteiger partial charge in [-0.3, -0.25) is 0 Å². The van der Waals surface area contributed by atoms with Gasteiger partial charge in [0, 0.05) is 0 Å². The second-order valence-electron chi connectivity index (χ2n) is 0.524. The molecule has 0 saturated carbocycles. The molecule has 0 fully saturated rings. The van der Waals surface area contributed by atoms with Gasteiger partial charge in [-0.1, -0.05) is 0 Å². The maximum atomic E-state index is 8.69. The van der Waals surface area contributed by atoms with Crippen LogP contribution in [0.5, 0.6) is 0 Å². The van der Waals surface area contributed by atoms with Crippen molar-refractivity contribution in [1.29, 1.82) is 0 Å². The summed E-state index contributed by atoms with van der Waals surface area (Å²) in [6, 6.07) is 0. The Kier molecular flexibility index (Phi) is 5.74. The van der Waals surface area contributed by atoms with Crippen LogP contribution in [0.15, 0.2) is 0 Å². The molecule has 0 saturated heterocycles. The molecular weight excluding hydrogens is 257 g/mol. The van der Waals surface area contributed by atoms with Gasteiger partial charge in [-0.2, -0.15) is 0 Å². The zero-order valence-corrected chi connectivity index (χ0v) is 5.41. The van der Waals surface area contributed by atoms with E-state index in [-0.39, 0.29) is 37.7 Å². The molecule has 1 N–H and O–H groups in total. The van der Waals surface area contributed by atoms with E-state index in [2.05, 4.69) is 0 Å². The summed E-state index contributed by atoms with van der Waals surface area (Å²) in [4.78, 5) is 33.1. The van der Waals surface area contributed by atoms with Gasteiger partial charge >= 0.3 is 37.7 Å². The van der Waals surface area contributed by atoms with Crippen molar-refractivity contribution in [2.24, 2.45) is 0 Å². The van der Waals surface area contributed by atoms with Gasteiger partial charge in [-0.05, 0) is 0 Å². The topological polar surface area (TPSA) is 89.4 Å². The smallest absolute Gasteiger partial charge is 0.861 e. The molecule has 0 bridgehead atoms. The first-order valence-electron chi connectivity index (χ1n) is 0.836. The molecule has 0 aliphatic carbocycles. The summed E-state index contributed by atoms with van der Waals surface area (Å²) in [5, 5.41) is 0. The predicted molar refractivity (Wildman–Crippen MR) is 7.97 cm³/mol. The molecule has 0 aromatic rings. The standard InChI is InChI=1S/Ho.HO4Si/c;1-5(2,3)4/h;1H/q+3;-3. The molecule has 0 spiro atoms. The van der Waals surface area contributed by atoms with Crippen LogP contribution in [0.1, 0.15) is 0 Å². The Labute approximate surface area is 65.5 Å². The van der Waals surface area contributed by atoms with Crippen LogP contribution in [0.25, 0.3) is 0 Å². The fourth-order valence-corrected chi connectivity index (χ4v) is 0. The van der Waals surface area contributed by atoms with Crippen LogP contribution in [0.4, 0.5) is 0 Å². The van der Waals surface area contributed by atoms with E-state index in [1.807, 2.05) is 0 Å². The molecule has 6 heavy (non-hydrogen) atoms. The summed E-state index contributed by atoms with van der Waals surface area (Å²) in [5.74, 6) is 0. The van der Waals surface area contributed by atoms with E-state index in [0.29, 0.717) is 0 Å². The van der Waals surface area contributed by atoms with Crippen molar-refractivity contribution in [3.63, 3.8) is 0 Å². The minimum atomic E-state index is -5.36. The second kappa shape index (κ2) is 3.34. The average Bonchev–Trinajstić information content (AvgIpc) is 0.722. The van der Waals surface area contributed by atoms with Crippen molar-refractivity contribution >= 4 is 9.05 Å². The van der Waals surface area contributed by atoms with Crippen molar-refractivity contribution in [2.45, 2.75) is 0 Å². The molecule has 6 heteroatoms. The summed E-state index contributed by atoms with van der Waals surface area (Å²) < 4.78 is 0. The Balaban J connectivity index is 0. The second-order valence-corrected chi connectivity index (χ2v) is 1.57. The van der Waals surface area contributed by atoms with Crippen molar-refractivity contribution < 1.29 is 56.9 Å². The number of hydrogen-bond acceptors (Lipinski definition) is 4. The molecule has 0 rings (SSSR count). The molecule has 0 aromatic heterocycles. The van der Waals surface area contributed by atoms with Gasteiger partial charge in [0.05, 0.1) is 0 Å². The minimum Gasteiger partial charge on any atom is -0.861 e. The Bertz CT molecular complexity index is 23.0. The number of hydrogen-bond donors (Lipinski definition) is 1. The molecule has 0 atom stereocenters. The Morgan fingerprint density at radius 3 is 1.17 bits per heavy atom. The first kappa shape index (κ1) is 10.3. The van der Waals surface area contributed by atoms with Crippen molar-refractivity contribution in [3.05, 3.63) is 0 Å². The first-order valence-corrected chi connectivity index (χ1v) is 2.51. The molecule has 0 heterocycles. The predicted octanol–water partition coefficient (Wildman–Crippen LogP) is -4.50. The summed E-state index contributed by atoms with van der Waals surface area (Å²) in [6.07, 6.45) is 0. The van der Waals surface area contributed by atoms with Gasteiger partial charge in [0.2, 0.25) is 0 Å². The zero-order valence-electron chi connectivity index (χ0n) is 2.47. The van der Waals surface area contributed by atoms with Gasteiger partial charge in [0.1, 0.15) is 0 Å². The SMILES string of the molecule is [Ho+3].[O-][Si]([O-])([O-])O. The fraction of sp³-hybridized carbons (Fsp3) is 0. The Morgan fingerprint density at radius 2 is 1.17 bits per heavy atom. The maximum absolute atomic E-state index is 8.69. The average molecular weight is 258 g/mol. The van der Waals surface area contributed by atoms with E-state index in [0.717, 1.165) is 0 Å². The van der Waals surface area contributed by atoms with Crippen LogP contribution >= 0.6 is 0 Å². The van der Waals surface area contributed by atoms with Crippen molar-refractivity contribution in [3.8, 4) is 0 Å². The van der Waals surface area contributed by atoms with Crippen molar-refractivity contribution in [1.82, 2.24) is 0 Å². The van der Waals surface area contributed by atoms with E-state index in [9.17, 15) is 0 Å². The van der Waals surface area contributed by atoms with E-state index < -0.39 is 9.05 Å².